The molecular weight excluding hydrogens is 526 g/mol. The number of carbonyl (C=O) groups is 2. The zero-order chi connectivity index (χ0) is 28.3. The number of methoxy groups -OCH3 is 1. The van der Waals surface area contributed by atoms with E-state index < -0.39 is 47.1 Å². The molecule has 0 unspecified atom stereocenters. The molecule has 2 heterocycles. The largest absolute Gasteiger partial charge is 0.573 e. The summed E-state index contributed by atoms with van der Waals surface area (Å²) in [6.07, 6.45) is -9.30. The van der Waals surface area contributed by atoms with Gasteiger partial charge in [0, 0.05) is 39.6 Å². The van der Waals surface area contributed by atoms with Gasteiger partial charge in [0.25, 0.3) is 11.8 Å². The van der Waals surface area contributed by atoms with Crippen molar-refractivity contribution in [1.82, 2.24) is 15.3 Å². The number of halogens is 6. The van der Waals surface area contributed by atoms with Crippen LogP contribution < -0.4 is 24.8 Å². The molecule has 1 aromatic carbocycles. The van der Waals surface area contributed by atoms with Crippen molar-refractivity contribution in [1.29, 1.82) is 0 Å². The standard InChI is InChI=1S/C23H18F6N4O5.2H2/c1-11-6-12(7-15(32-11)21(35)30-2)33-20(34)14-10-31-19(22(24,25)26)9-17(14)37-16-5-4-13(8-18(16)36-3)38-23(27,28)29;;/h4-10H,1-3H3,(H,30,35)(H,32,33,34);2*1H. The lowest BCUT2D eigenvalue weighted by Crippen LogP contribution is -2.21. The fourth-order valence-electron chi connectivity index (χ4n) is 3.08. The van der Waals surface area contributed by atoms with Crippen LogP contribution >= 0.6 is 0 Å². The number of anilines is 1. The number of aromatic nitrogens is 2. The molecule has 0 saturated heterocycles. The molecule has 0 saturated carbocycles. The molecule has 3 aromatic rings. The second-order valence-electron chi connectivity index (χ2n) is 7.44. The number of alkyl halides is 6. The number of amides is 2. The summed E-state index contributed by atoms with van der Waals surface area (Å²) in [6.45, 7) is 1.55. The van der Waals surface area contributed by atoms with Crippen LogP contribution in [0.5, 0.6) is 23.0 Å². The summed E-state index contributed by atoms with van der Waals surface area (Å²) in [4.78, 5) is 32.2. The fourth-order valence-corrected chi connectivity index (χ4v) is 3.08. The van der Waals surface area contributed by atoms with E-state index in [0.29, 0.717) is 18.0 Å². The van der Waals surface area contributed by atoms with Gasteiger partial charge in [0.15, 0.2) is 11.5 Å². The smallest absolute Gasteiger partial charge is 0.493 e. The summed E-state index contributed by atoms with van der Waals surface area (Å²) < 4.78 is 91.8. The van der Waals surface area contributed by atoms with Gasteiger partial charge in [0.05, 0.1) is 7.11 Å². The Hall–Kier alpha value is -4.56. The monoisotopic (exact) mass is 548 g/mol. The van der Waals surface area contributed by atoms with E-state index in [4.69, 9.17) is 9.47 Å². The molecule has 2 amide bonds. The van der Waals surface area contributed by atoms with E-state index in [-0.39, 0.29) is 25.7 Å². The third-order valence-electron chi connectivity index (χ3n) is 4.66. The molecule has 3 rings (SSSR count). The minimum absolute atomic E-state index is 0. The molecule has 0 fully saturated rings. The quantitative estimate of drug-likeness (QED) is 0.370. The van der Waals surface area contributed by atoms with Crippen molar-refractivity contribution >= 4 is 17.5 Å². The molecule has 9 nitrogen and oxygen atoms in total. The zero-order valence-corrected chi connectivity index (χ0v) is 19.7. The van der Waals surface area contributed by atoms with Crippen LogP contribution in [0.3, 0.4) is 0 Å². The molecule has 0 spiro atoms. The topological polar surface area (TPSA) is 112 Å². The van der Waals surface area contributed by atoms with Crippen molar-refractivity contribution in [3.05, 3.63) is 65.2 Å². The number of rotatable bonds is 7. The highest BCUT2D eigenvalue weighted by Crippen LogP contribution is 2.39. The Morgan fingerprint density at radius 3 is 2.26 bits per heavy atom. The zero-order valence-electron chi connectivity index (χ0n) is 19.7. The first kappa shape index (κ1) is 28.0. The van der Waals surface area contributed by atoms with Crippen molar-refractivity contribution in [2.24, 2.45) is 0 Å². The maximum atomic E-state index is 13.3. The lowest BCUT2D eigenvalue weighted by molar-refractivity contribution is -0.274. The first-order chi connectivity index (χ1) is 17.7. The number of benzene rings is 1. The van der Waals surface area contributed by atoms with E-state index in [1.807, 2.05) is 0 Å². The third kappa shape index (κ3) is 7.02. The van der Waals surface area contributed by atoms with Crippen molar-refractivity contribution in [2.75, 3.05) is 19.5 Å². The second-order valence-corrected chi connectivity index (χ2v) is 7.44. The average Bonchev–Trinajstić information content (AvgIpc) is 2.82. The van der Waals surface area contributed by atoms with E-state index in [0.717, 1.165) is 25.3 Å². The fraction of sp³-hybridized carbons (Fsp3) is 0.217. The second kappa shape index (κ2) is 10.8. The Morgan fingerprint density at radius 2 is 1.66 bits per heavy atom. The van der Waals surface area contributed by atoms with E-state index in [9.17, 15) is 35.9 Å². The molecule has 0 atom stereocenters. The number of nitrogens with one attached hydrogen (secondary N) is 2. The third-order valence-corrected chi connectivity index (χ3v) is 4.66. The van der Waals surface area contributed by atoms with Crippen LogP contribution in [0.4, 0.5) is 32.0 Å². The van der Waals surface area contributed by atoms with Gasteiger partial charge in [-0.15, -0.1) is 13.2 Å². The molecule has 0 radical (unpaired) electrons. The van der Waals surface area contributed by atoms with Crippen LogP contribution in [-0.2, 0) is 6.18 Å². The summed E-state index contributed by atoms with van der Waals surface area (Å²) in [5.74, 6) is -3.48. The lowest BCUT2D eigenvalue weighted by atomic mass is 10.2. The molecule has 0 aliphatic carbocycles. The average molecular weight is 548 g/mol. The van der Waals surface area contributed by atoms with Crippen molar-refractivity contribution in [3.63, 3.8) is 0 Å². The minimum atomic E-state index is -5.01. The van der Waals surface area contributed by atoms with Gasteiger partial charge in [-0.25, -0.2) is 4.98 Å². The van der Waals surface area contributed by atoms with Gasteiger partial charge in [-0.2, -0.15) is 13.2 Å². The van der Waals surface area contributed by atoms with E-state index >= 15 is 0 Å². The predicted molar refractivity (Wildman–Crippen MR) is 124 cm³/mol. The molecule has 206 valence electrons. The van der Waals surface area contributed by atoms with Crippen molar-refractivity contribution in [2.45, 2.75) is 19.5 Å². The number of ether oxygens (including phenoxy) is 3. The van der Waals surface area contributed by atoms with Crippen molar-refractivity contribution < 1.29 is 53.0 Å². The first-order valence-electron chi connectivity index (χ1n) is 10.4. The summed E-state index contributed by atoms with van der Waals surface area (Å²) >= 11 is 0. The highest BCUT2D eigenvalue weighted by molar-refractivity contribution is 6.06. The van der Waals surface area contributed by atoms with Gasteiger partial charge < -0.3 is 24.8 Å². The normalized spacial score (nSPS) is 11.5. The summed E-state index contributed by atoms with van der Waals surface area (Å²) in [5.41, 5.74) is -1.45. The Morgan fingerprint density at radius 1 is 0.947 bits per heavy atom. The molecule has 2 aromatic heterocycles. The Kier molecular flexibility index (Phi) is 7.98. The number of hydrogen-bond acceptors (Lipinski definition) is 7. The Balaban J connectivity index is 0.00000400. The molecule has 0 aliphatic rings. The SMILES string of the molecule is CNC(=O)c1cc(NC(=O)c2cnc(C(F)(F)F)cc2Oc2ccc(OC(F)(F)F)cc2OC)cc(C)n1.[HH].[HH]. The number of nitrogens with zero attached hydrogens (tertiary/aromatic N) is 2. The molecule has 0 bridgehead atoms. The number of carbonyl (C=O) groups excluding carboxylic acids is 2. The van der Waals surface area contributed by atoms with Crippen LogP contribution in [0.25, 0.3) is 0 Å². The predicted octanol–water partition coefficient (Wildman–Crippen LogP) is 5.61. The van der Waals surface area contributed by atoms with Gasteiger partial charge >= 0.3 is 12.5 Å². The molecular formula is C23H22F6N4O5. The van der Waals surface area contributed by atoms with Gasteiger partial charge in [-0.1, -0.05) is 0 Å². The van der Waals surface area contributed by atoms with E-state index in [2.05, 4.69) is 25.3 Å². The lowest BCUT2D eigenvalue weighted by Gasteiger charge is -2.17. The van der Waals surface area contributed by atoms with E-state index in [1.165, 1.54) is 19.2 Å². The highest BCUT2D eigenvalue weighted by Gasteiger charge is 2.34. The van der Waals surface area contributed by atoms with Crippen LogP contribution in [0.2, 0.25) is 0 Å². The van der Waals surface area contributed by atoms with Crippen LogP contribution in [0.15, 0.2) is 42.6 Å². The van der Waals surface area contributed by atoms with Gasteiger partial charge in [0.1, 0.15) is 28.5 Å². The van der Waals surface area contributed by atoms with Crippen molar-refractivity contribution in [3.8, 4) is 23.0 Å². The molecule has 38 heavy (non-hydrogen) atoms. The molecule has 2 N–H and O–H groups in total. The first-order valence-corrected chi connectivity index (χ1v) is 10.4. The minimum Gasteiger partial charge on any atom is -0.493 e. The number of pyridine rings is 2. The van der Waals surface area contributed by atoms with Gasteiger partial charge in [-0.3, -0.25) is 14.6 Å². The summed E-state index contributed by atoms with van der Waals surface area (Å²) in [6, 6.07) is 5.69. The maximum Gasteiger partial charge on any atom is 0.573 e. The maximum absolute atomic E-state index is 13.3. The van der Waals surface area contributed by atoms with Crippen LogP contribution in [0, 0.1) is 6.92 Å². The summed E-state index contributed by atoms with van der Waals surface area (Å²) in [7, 11) is 2.45. The number of aryl methyl sites for hydroxylation is 1. The van der Waals surface area contributed by atoms with E-state index in [1.54, 1.807) is 6.92 Å². The Labute approximate surface area is 213 Å². The van der Waals surface area contributed by atoms with Crippen LogP contribution in [0.1, 0.15) is 35.1 Å². The van der Waals surface area contributed by atoms with Gasteiger partial charge in [-0.05, 0) is 31.2 Å². The Bertz CT molecular complexity index is 1370. The van der Waals surface area contributed by atoms with Gasteiger partial charge in [0.2, 0.25) is 0 Å². The molecule has 15 heteroatoms. The molecule has 0 aliphatic heterocycles. The van der Waals surface area contributed by atoms with Crippen LogP contribution in [-0.4, -0.2) is 42.3 Å². The highest BCUT2D eigenvalue weighted by atomic mass is 19.4. The number of hydrogen-bond donors (Lipinski definition) is 2. The summed E-state index contributed by atoms with van der Waals surface area (Å²) in [5, 5.41) is 4.80.